The van der Waals surface area contributed by atoms with E-state index in [2.05, 4.69) is 45.1 Å². The fraction of sp³-hybridized carbons (Fsp3) is 0.667. The molecule has 3 nitrogen and oxygen atoms in total. The van der Waals surface area contributed by atoms with Gasteiger partial charge in [0.25, 0.3) is 0 Å². The van der Waals surface area contributed by atoms with Crippen LogP contribution in [-0.2, 0) is 9.47 Å². The molecule has 1 N–H and O–H groups in total. The van der Waals surface area contributed by atoms with Gasteiger partial charge in [-0.25, -0.2) is 0 Å². The van der Waals surface area contributed by atoms with Gasteiger partial charge in [-0.2, -0.15) is 0 Å². The first-order chi connectivity index (χ1) is 10.1. The van der Waals surface area contributed by atoms with Gasteiger partial charge in [0.1, 0.15) is 0 Å². The van der Waals surface area contributed by atoms with E-state index >= 15 is 0 Å². The summed E-state index contributed by atoms with van der Waals surface area (Å²) in [6, 6.07) is 4.71. The number of hydrogen-bond donors (Lipinski definition) is 1. The van der Waals surface area contributed by atoms with Crippen LogP contribution in [-0.4, -0.2) is 33.5 Å². The molecule has 0 saturated carbocycles. The molecule has 0 aromatic heterocycles. The maximum Gasteiger partial charge on any atom is 0.0701 e. The summed E-state index contributed by atoms with van der Waals surface area (Å²) >= 11 is 0. The summed E-state index contributed by atoms with van der Waals surface area (Å²) in [5.41, 5.74) is 5.33. The van der Waals surface area contributed by atoms with Crippen molar-refractivity contribution < 1.29 is 9.47 Å². The van der Waals surface area contributed by atoms with E-state index in [1.54, 1.807) is 0 Å². The van der Waals surface area contributed by atoms with Crippen molar-refractivity contribution in [1.29, 1.82) is 0 Å². The van der Waals surface area contributed by atoms with Gasteiger partial charge in [-0.15, -0.1) is 0 Å². The second-order valence-electron chi connectivity index (χ2n) is 5.69. The second kappa shape index (κ2) is 9.93. The summed E-state index contributed by atoms with van der Waals surface area (Å²) in [7, 11) is 1.99. The predicted molar refractivity (Wildman–Crippen MR) is 89.0 cm³/mol. The molecule has 3 heteroatoms. The highest BCUT2D eigenvalue weighted by Crippen LogP contribution is 2.23. The molecule has 0 heterocycles. The first kappa shape index (κ1) is 18.1. The minimum atomic E-state index is 0.237. The molecule has 0 saturated heterocycles. The van der Waals surface area contributed by atoms with Crippen LogP contribution in [0.3, 0.4) is 0 Å². The molecule has 21 heavy (non-hydrogen) atoms. The van der Waals surface area contributed by atoms with E-state index in [1.165, 1.54) is 28.7 Å². The van der Waals surface area contributed by atoms with E-state index in [9.17, 15) is 0 Å². The average molecular weight is 293 g/mol. The predicted octanol–water partition coefficient (Wildman–Crippen LogP) is 3.71. The largest absolute Gasteiger partial charge is 0.379 e. The fourth-order valence-corrected chi connectivity index (χ4v) is 2.72. The van der Waals surface area contributed by atoms with Gasteiger partial charge in [-0.05, 0) is 50.9 Å². The van der Waals surface area contributed by atoms with Gasteiger partial charge in [0.2, 0.25) is 0 Å². The maximum absolute atomic E-state index is 5.77. The highest BCUT2D eigenvalue weighted by Gasteiger charge is 2.15. The first-order valence-electron chi connectivity index (χ1n) is 8.00. The van der Waals surface area contributed by atoms with E-state index in [4.69, 9.17) is 9.47 Å². The second-order valence-corrected chi connectivity index (χ2v) is 5.69. The van der Waals surface area contributed by atoms with Crippen molar-refractivity contribution in [2.45, 2.75) is 46.6 Å². The minimum absolute atomic E-state index is 0.237. The van der Waals surface area contributed by atoms with E-state index in [-0.39, 0.29) is 6.04 Å². The Kier molecular flexibility index (Phi) is 8.58. The normalized spacial score (nSPS) is 12.6. The topological polar surface area (TPSA) is 30.5 Å². The Morgan fingerprint density at radius 1 is 1.00 bits per heavy atom. The van der Waals surface area contributed by atoms with Crippen LogP contribution in [0.2, 0.25) is 0 Å². The number of likely N-dealkylation sites (N-methyl/N-ethyl adjacent to an activating group) is 1. The van der Waals surface area contributed by atoms with Crippen LogP contribution in [0.4, 0.5) is 0 Å². The molecule has 1 aromatic carbocycles. The number of benzene rings is 1. The third-order valence-corrected chi connectivity index (χ3v) is 3.73. The van der Waals surface area contributed by atoms with Gasteiger partial charge in [0.05, 0.1) is 25.9 Å². The Bertz CT molecular complexity index is 395. The first-order valence-corrected chi connectivity index (χ1v) is 8.00. The van der Waals surface area contributed by atoms with Crippen molar-refractivity contribution in [3.63, 3.8) is 0 Å². The maximum atomic E-state index is 5.77. The lowest BCUT2D eigenvalue weighted by Gasteiger charge is -2.22. The number of aryl methyl sites for hydroxylation is 3. The average Bonchev–Trinajstić information content (AvgIpc) is 2.43. The molecule has 0 radical (unpaired) electrons. The van der Waals surface area contributed by atoms with Gasteiger partial charge in [0, 0.05) is 6.61 Å². The highest BCUT2D eigenvalue weighted by atomic mass is 16.5. The zero-order valence-electron chi connectivity index (χ0n) is 14.3. The van der Waals surface area contributed by atoms with Crippen LogP contribution in [0.25, 0.3) is 0 Å². The number of hydrogen-bond acceptors (Lipinski definition) is 3. The SMILES string of the molecule is CCCCOCCOCC(NC)c1c(C)cc(C)cc1C. The molecule has 0 spiro atoms. The number of rotatable bonds is 10. The summed E-state index contributed by atoms with van der Waals surface area (Å²) < 4.78 is 11.3. The summed E-state index contributed by atoms with van der Waals surface area (Å²) in [6.45, 7) is 11.5. The van der Waals surface area contributed by atoms with Crippen LogP contribution >= 0.6 is 0 Å². The van der Waals surface area contributed by atoms with E-state index in [0.717, 1.165) is 13.0 Å². The van der Waals surface area contributed by atoms with Gasteiger partial charge < -0.3 is 14.8 Å². The quantitative estimate of drug-likeness (QED) is 0.667. The standard InChI is InChI=1S/C18H31NO2/c1-6-7-8-20-9-10-21-13-17(19-5)18-15(3)11-14(2)12-16(18)4/h11-12,17,19H,6-10,13H2,1-5H3. The molecule has 0 amide bonds. The van der Waals surface area contributed by atoms with E-state index in [0.29, 0.717) is 19.8 Å². The van der Waals surface area contributed by atoms with Crippen LogP contribution in [0.5, 0.6) is 0 Å². The Balaban J connectivity index is 2.45. The van der Waals surface area contributed by atoms with Crippen molar-refractivity contribution in [1.82, 2.24) is 5.32 Å². The summed E-state index contributed by atoms with van der Waals surface area (Å²) in [6.07, 6.45) is 2.30. The Morgan fingerprint density at radius 2 is 1.62 bits per heavy atom. The molecule has 0 aliphatic rings. The van der Waals surface area contributed by atoms with Gasteiger partial charge >= 0.3 is 0 Å². The molecular formula is C18H31NO2. The Labute approximate surface area is 130 Å². The summed E-state index contributed by atoms with van der Waals surface area (Å²) in [5, 5.41) is 3.36. The molecule has 0 aliphatic carbocycles. The van der Waals surface area contributed by atoms with E-state index < -0.39 is 0 Å². The lowest BCUT2D eigenvalue weighted by atomic mass is 9.94. The van der Waals surface area contributed by atoms with Crippen LogP contribution in [0.15, 0.2) is 12.1 Å². The van der Waals surface area contributed by atoms with Crippen molar-refractivity contribution >= 4 is 0 Å². The van der Waals surface area contributed by atoms with Crippen molar-refractivity contribution in [3.05, 3.63) is 34.4 Å². The molecule has 1 unspecified atom stereocenters. The van der Waals surface area contributed by atoms with Crippen molar-refractivity contribution in [3.8, 4) is 0 Å². The monoisotopic (exact) mass is 293 g/mol. The minimum Gasteiger partial charge on any atom is -0.379 e. The number of nitrogens with one attached hydrogen (secondary N) is 1. The summed E-state index contributed by atoms with van der Waals surface area (Å²) in [4.78, 5) is 0. The zero-order chi connectivity index (χ0) is 15.7. The molecule has 1 rings (SSSR count). The van der Waals surface area contributed by atoms with Crippen molar-refractivity contribution in [2.75, 3.05) is 33.5 Å². The number of unbranched alkanes of at least 4 members (excludes halogenated alkanes) is 1. The van der Waals surface area contributed by atoms with Gasteiger partial charge in [-0.3, -0.25) is 0 Å². The molecule has 1 aromatic rings. The number of ether oxygens (including phenoxy) is 2. The van der Waals surface area contributed by atoms with Gasteiger partial charge in [0.15, 0.2) is 0 Å². The molecule has 0 fully saturated rings. The molecule has 0 aliphatic heterocycles. The van der Waals surface area contributed by atoms with Crippen LogP contribution in [0.1, 0.15) is 48.1 Å². The Hall–Kier alpha value is -0.900. The lowest BCUT2D eigenvalue weighted by Crippen LogP contribution is -2.24. The van der Waals surface area contributed by atoms with Crippen LogP contribution in [0, 0.1) is 20.8 Å². The van der Waals surface area contributed by atoms with Gasteiger partial charge in [-0.1, -0.05) is 31.0 Å². The lowest BCUT2D eigenvalue weighted by molar-refractivity contribution is 0.0387. The van der Waals surface area contributed by atoms with Crippen LogP contribution < -0.4 is 5.32 Å². The zero-order valence-corrected chi connectivity index (χ0v) is 14.3. The smallest absolute Gasteiger partial charge is 0.0701 e. The van der Waals surface area contributed by atoms with E-state index in [1.807, 2.05) is 7.05 Å². The fourth-order valence-electron chi connectivity index (χ4n) is 2.72. The molecular weight excluding hydrogens is 262 g/mol. The molecule has 1 atom stereocenters. The molecule has 120 valence electrons. The highest BCUT2D eigenvalue weighted by molar-refractivity contribution is 5.39. The molecule has 0 bridgehead atoms. The summed E-state index contributed by atoms with van der Waals surface area (Å²) in [5.74, 6) is 0. The third kappa shape index (κ3) is 6.16. The third-order valence-electron chi connectivity index (χ3n) is 3.73. The van der Waals surface area contributed by atoms with Crippen molar-refractivity contribution in [2.24, 2.45) is 0 Å². The Morgan fingerprint density at radius 3 is 2.19 bits per heavy atom.